The van der Waals surface area contributed by atoms with Crippen molar-refractivity contribution < 1.29 is 14.3 Å². The SMILES string of the molecule is COc1cccc(CCN(CCC(=O)N2CCc3ccccc3C2)C(C)=O)c1. The third-order valence-corrected chi connectivity index (χ3v) is 5.33. The Kier molecular flexibility index (Phi) is 6.69. The summed E-state index contributed by atoms with van der Waals surface area (Å²) in [5.74, 6) is 0.925. The van der Waals surface area contributed by atoms with Crippen molar-refractivity contribution in [1.82, 2.24) is 9.80 Å². The molecule has 0 N–H and O–H groups in total. The number of fused-ring (bicyclic) bond motifs is 1. The molecule has 0 saturated carbocycles. The first kappa shape index (κ1) is 19.9. The number of hydrogen-bond acceptors (Lipinski definition) is 3. The molecule has 0 saturated heterocycles. The summed E-state index contributed by atoms with van der Waals surface area (Å²) in [6.45, 7) is 4.03. The zero-order valence-corrected chi connectivity index (χ0v) is 16.7. The van der Waals surface area contributed by atoms with Gasteiger partial charge in [0.25, 0.3) is 0 Å². The van der Waals surface area contributed by atoms with Gasteiger partial charge in [0.1, 0.15) is 5.75 Å². The van der Waals surface area contributed by atoms with Crippen molar-refractivity contribution in [3.63, 3.8) is 0 Å². The number of carbonyl (C=O) groups is 2. The maximum absolute atomic E-state index is 12.7. The average molecular weight is 380 g/mol. The summed E-state index contributed by atoms with van der Waals surface area (Å²) in [5, 5.41) is 0. The van der Waals surface area contributed by atoms with Crippen molar-refractivity contribution in [2.45, 2.75) is 32.7 Å². The maximum Gasteiger partial charge on any atom is 0.224 e. The Balaban J connectivity index is 1.52. The molecule has 0 aromatic heterocycles. The molecule has 5 heteroatoms. The van der Waals surface area contributed by atoms with Crippen LogP contribution in [0.15, 0.2) is 48.5 Å². The Morgan fingerprint density at radius 2 is 1.86 bits per heavy atom. The predicted molar refractivity (Wildman–Crippen MR) is 109 cm³/mol. The van der Waals surface area contributed by atoms with Crippen molar-refractivity contribution in [2.75, 3.05) is 26.7 Å². The van der Waals surface area contributed by atoms with E-state index >= 15 is 0 Å². The van der Waals surface area contributed by atoms with E-state index in [9.17, 15) is 9.59 Å². The van der Waals surface area contributed by atoms with Crippen LogP contribution in [-0.2, 0) is 29.0 Å². The number of methoxy groups -OCH3 is 1. The number of hydrogen-bond donors (Lipinski definition) is 0. The number of ether oxygens (including phenoxy) is 1. The minimum atomic E-state index is -0.000291. The molecule has 148 valence electrons. The summed E-state index contributed by atoms with van der Waals surface area (Å²) < 4.78 is 5.25. The number of nitrogens with zero attached hydrogens (tertiary/aromatic N) is 2. The molecule has 3 rings (SSSR count). The van der Waals surface area contributed by atoms with Gasteiger partial charge in [-0.1, -0.05) is 36.4 Å². The number of amides is 2. The Hall–Kier alpha value is -2.82. The molecule has 5 nitrogen and oxygen atoms in total. The highest BCUT2D eigenvalue weighted by molar-refractivity contribution is 5.78. The molecule has 0 fully saturated rings. The maximum atomic E-state index is 12.7. The quantitative estimate of drug-likeness (QED) is 0.742. The lowest BCUT2D eigenvalue weighted by molar-refractivity contribution is -0.134. The van der Waals surface area contributed by atoms with Crippen molar-refractivity contribution in [3.8, 4) is 5.75 Å². The van der Waals surface area contributed by atoms with E-state index in [1.54, 1.807) is 18.9 Å². The van der Waals surface area contributed by atoms with E-state index < -0.39 is 0 Å². The Labute approximate surface area is 166 Å². The van der Waals surface area contributed by atoms with E-state index in [0.717, 1.165) is 30.7 Å². The van der Waals surface area contributed by atoms with Gasteiger partial charge in [0, 0.05) is 39.5 Å². The fourth-order valence-corrected chi connectivity index (χ4v) is 3.62. The number of carbonyl (C=O) groups excluding carboxylic acids is 2. The number of benzene rings is 2. The zero-order valence-electron chi connectivity index (χ0n) is 16.7. The summed E-state index contributed by atoms with van der Waals surface area (Å²) in [5.41, 5.74) is 3.67. The standard InChI is InChI=1S/C23H28N2O3/c1-18(26)24(13-10-19-6-5-9-22(16-19)28-2)15-12-23(27)25-14-11-20-7-3-4-8-21(20)17-25/h3-9,16H,10-15,17H2,1-2H3. The predicted octanol–water partition coefficient (Wildman–Crippen LogP) is 3.06. The van der Waals surface area contributed by atoms with Crippen LogP contribution in [0.5, 0.6) is 5.75 Å². The smallest absolute Gasteiger partial charge is 0.224 e. The Morgan fingerprint density at radius 3 is 2.61 bits per heavy atom. The van der Waals surface area contributed by atoms with E-state index in [4.69, 9.17) is 4.74 Å². The molecule has 0 bridgehead atoms. The molecule has 1 aliphatic rings. The highest BCUT2D eigenvalue weighted by atomic mass is 16.5. The van der Waals surface area contributed by atoms with Gasteiger partial charge in [0.05, 0.1) is 7.11 Å². The first-order chi connectivity index (χ1) is 13.6. The normalized spacial score (nSPS) is 13.0. The van der Waals surface area contributed by atoms with E-state index in [2.05, 4.69) is 12.1 Å². The molecule has 0 spiro atoms. The minimum absolute atomic E-state index is 0.000291. The number of rotatable bonds is 7. The van der Waals surface area contributed by atoms with Gasteiger partial charge in [-0.15, -0.1) is 0 Å². The van der Waals surface area contributed by atoms with Crippen LogP contribution in [0.4, 0.5) is 0 Å². The summed E-state index contributed by atoms with van der Waals surface area (Å²) in [6, 6.07) is 16.1. The second-order valence-corrected chi connectivity index (χ2v) is 7.19. The lowest BCUT2D eigenvalue weighted by Gasteiger charge is -2.30. The van der Waals surface area contributed by atoms with Crippen LogP contribution in [0.1, 0.15) is 30.0 Å². The lowest BCUT2D eigenvalue weighted by Crippen LogP contribution is -2.39. The third-order valence-electron chi connectivity index (χ3n) is 5.33. The van der Waals surface area contributed by atoms with Crippen LogP contribution in [0.3, 0.4) is 0 Å². The van der Waals surface area contributed by atoms with Gasteiger partial charge < -0.3 is 14.5 Å². The van der Waals surface area contributed by atoms with Gasteiger partial charge in [0.2, 0.25) is 11.8 Å². The van der Waals surface area contributed by atoms with Gasteiger partial charge >= 0.3 is 0 Å². The molecule has 2 amide bonds. The van der Waals surface area contributed by atoms with Crippen molar-refractivity contribution in [3.05, 3.63) is 65.2 Å². The van der Waals surface area contributed by atoms with Crippen LogP contribution in [0.2, 0.25) is 0 Å². The molecule has 0 aliphatic carbocycles. The molecular formula is C23H28N2O3. The lowest BCUT2D eigenvalue weighted by atomic mass is 10.00. The molecule has 2 aromatic carbocycles. The highest BCUT2D eigenvalue weighted by Gasteiger charge is 2.21. The Morgan fingerprint density at radius 1 is 1.07 bits per heavy atom. The molecule has 1 heterocycles. The minimum Gasteiger partial charge on any atom is -0.497 e. The van der Waals surface area contributed by atoms with E-state index in [-0.39, 0.29) is 11.8 Å². The second-order valence-electron chi connectivity index (χ2n) is 7.19. The van der Waals surface area contributed by atoms with Gasteiger partial charge in [-0.3, -0.25) is 9.59 Å². The molecule has 2 aromatic rings. The molecule has 28 heavy (non-hydrogen) atoms. The molecule has 1 aliphatic heterocycles. The van der Waals surface area contributed by atoms with Crippen molar-refractivity contribution >= 4 is 11.8 Å². The monoisotopic (exact) mass is 380 g/mol. The first-order valence-electron chi connectivity index (χ1n) is 9.80. The third kappa shape index (κ3) is 5.12. The van der Waals surface area contributed by atoms with E-state index in [1.165, 1.54) is 11.1 Å². The van der Waals surface area contributed by atoms with Gasteiger partial charge in [-0.05, 0) is 41.7 Å². The highest BCUT2D eigenvalue weighted by Crippen LogP contribution is 2.19. The van der Waals surface area contributed by atoms with Crippen molar-refractivity contribution in [2.24, 2.45) is 0 Å². The van der Waals surface area contributed by atoms with Crippen LogP contribution < -0.4 is 4.74 Å². The van der Waals surface area contributed by atoms with Crippen LogP contribution in [0, 0.1) is 0 Å². The first-order valence-corrected chi connectivity index (χ1v) is 9.80. The summed E-state index contributed by atoms with van der Waals surface area (Å²) >= 11 is 0. The molecule has 0 unspecified atom stereocenters. The summed E-state index contributed by atoms with van der Waals surface area (Å²) in [4.78, 5) is 28.3. The largest absolute Gasteiger partial charge is 0.497 e. The zero-order chi connectivity index (χ0) is 19.9. The van der Waals surface area contributed by atoms with Crippen LogP contribution in [0.25, 0.3) is 0 Å². The molecule has 0 radical (unpaired) electrons. The Bertz CT molecular complexity index is 834. The summed E-state index contributed by atoms with van der Waals surface area (Å²) in [7, 11) is 1.64. The van der Waals surface area contributed by atoms with E-state index in [1.807, 2.05) is 41.3 Å². The fourth-order valence-electron chi connectivity index (χ4n) is 3.62. The molecular weight excluding hydrogens is 352 g/mol. The summed E-state index contributed by atoms with van der Waals surface area (Å²) in [6.07, 6.45) is 2.00. The van der Waals surface area contributed by atoms with Crippen molar-refractivity contribution in [1.29, 1.82) is 0 Å². The van der Waals surface area contributed by atoms with Gasteiger partial charge in [0.15, 0.2) is 0 Å². The van der Waals surface area contributed by atoms with E-state index in [0.29, 0.717) is 26.1 Å². The average Bonchev–Trinajstić information content (AvgIpc) is 2.73. The van der Waals surface area contributed by atoms with Crippen LogP contribution in [-0.4, -0.2) is 48.4 Å². The van der Waals surface area contributed by atoms with Gasteiger partial charge in [-0.2, -0.15) is 0 Å². The fraction of sp³-hybridized carbons (Fsp3) is 0.391. The van der Waals surface area contributed by atoms with Crippen LogP contribution >= 0.6 is 0 Å². The molecule has 0 atom stereocenters. The topological polar surface area (TPSA) is 49.9 Å². The van der Waals surface area contributed by atoms with Gasteiger partial charge in [-0.25, -0.2) is 0 Å². The second kappa shape index (κ2) is 9.40.